The molecule has 3 saturated heterocycles. The molecule has 15 rings (SSSR count). The summed E-state index contributed by atoms with van der Waals surface area (Å²) < 4.78 is 126. The number of benzene rings is 3. The lowest BCUT2D eigenvalue weighted by molar-refractivity contribution is -0.127. The van der Waals surface area contributed by atoms with E-state index in [0.717, 1.165) is 9.13 Å². The van der Waals surface area contributed by atoms with Crippen LogP contribution < -0.4 is 48.6 Å². The van der Waals surface area contributed by atoms with Crippen LogP contribution in [0.25, 0.3) is 83.9 Å². The van der Waals surface area contributed by atoms with Gasteiger partial charge in [-0.3, -0.25) is 57.4 Å². The molecule has 135 heavy (non-hydrogen) atoms. The summed E-state index contributed by atoms with van der Waals surface area (Å²) in [5.74, 6) is -13.2. The number of rotatable bonds is 15. The summed E-state index contributed by atoms with van der Waals surface area (Å²) in [6.07, 6.45) is 8.37. The summed E-state index contributed by atoms with van der Waals surface area (Å²) in [5, 5.41) is 27.9. The zero-order chi connectivity index (χ0) is 98.7. The Bertz CT molecular complexity index is 6650. The third kappa shape index (κ3) is 17.6. The normalized spacial score (nSPS) is 13.4. The Labute approximate surface area is 800 Å². The van der Waals surface area contributed by atoms with Gasteiger partial charge in [0.05, 0.1) is 127 Å². The van der Waals surface area contributed by atoms with Gasteiger partial charge in [-0.2, -0.15) is 15.8 Å². The Morgan fingerprint density at radius 2 is 0.622 bits per heavy atom. The van der Waals surface area contributed by atoms with Crippen LogP contribution in [-0.4, -0.2) is 155 Å². The first-order valence-electron chi connectivity index (χ1n) is 41.3. The monoisotopic (exact) mass is 1980 g/mol. The standard InChI is InChI=1S/C31H26Cl3F2N7O2.2C31H26Cl2F3N7O2/c1-5-19(44)41-8-10-42(11-9-41)29-16-12-18(32)27(20-23(35)21(33)22(34)25(38)24(20)36)40-30(16)43(31(45)17(29)13-37)28-15(4)6-7-39-26(28)14(2)3;2*1-5-19(44)41-8-10-42(11-9-41)29-16-12-18(32)27(20-22(34)24(36)21(33)25(38)23(20)35)40-30(16)43(31(45)17(29)13-37)28-15(4)6-7-39-26(28)14(2)3/h3*5-7,12,14H,1,8-11,38H2,2-4H3. The van der Waals surface area contributed by atoms with Gasteiger partial charge >= 0.3 is 0 Å². The molecule has 27 nitrogen and oxygen atoms in total. The summed E-state index contributed by atoms with van der Waals surface area (Å²) in [7, 11) is 0. The molecule has 0 saturated carbocycles. The number of nitriles is 3. The molecule has 0 radical (unpaired) electrons. The molecular formula is C93H78Cl7F8N21O6. The van der Waals surface area contributed by atoms with E-state index >= 15 is 26.3 Å². The van der Waals surface area contributed by atoms with Crippen LogP contribution in [-0.2, 0) is 14.4 Å². The number of pyridine rings is 9. The molecule has 3 amide bonds. The van der Waals surface area contributed by atoms with Gasteiger partial charge in [-0.05, 0) is 110 Å². The summed E-state index contributed by atoms with van der Waals surface area (Å²) >= 11 is 43.3. The number of hydrogen-bond acceptors (Lipinski definition) is 21. The molecule has 0 spiro atoms. The zero-order valence-electron chi connectivity index (χ0n) is 73.2. The first kappa shape index (κ1) is 99.0. The average molecular weight is 1990 g/mol. The quantitative estimate of drug-likeness (QED) is 0.0282. The number of nitrogens with zero attached hydrogens (tertiary/aromatic N) is 18. The van der Waals surface area contributed by atoms with Gasteiger partial charge in [-0.15, -0.1) is 0 Å². The highest BCUT2D eigenvalue weighted by Crippen LogP contribution is 2.48. The van der Waals surface area contributed by atoms with Crippen LogP contribution in [0.1, 0.15) is 110 Å². The van der Waals surface area contributed by atoms with E-state index in [1.807, 2.05) is 53.7 Å². The summed E-state index contributed by atoms with van der Waals surface area (Å²) in [5.41, 5.74) is 12.3. The fraction of sp³-hybridized carbons (Fsp3) is 0.258. The second-order valence-electron chi connectivity index (χ2n) is 32.2. The van der Waals surface area contributed by atoms with E-state index in [2.05, 4.69) is 55.7 Å². The van der Waals surface area contributed by atoms with Crippen molar-refractivity contribution in [3.63, 3.8) is 0 Å². The van der Waals surface area contributed by atoms with E-state index < -0.39 is 128 Å². The molecule has 0 aliphatic carbocycles. The Morgan fingerprint density at radius 1 is 0.378 bits per heavy atom. The third-order valence-corrected chi connectivity index (χ3v) is 25.6. The van der Waals surface area contributed by atoms with E-state index in [1.165, 1.54) is 41.0 Å². The van der Waals surface area contributed by atoms with Crippen LogP contribution in [0.4, 0.5) is 69.2 Å². The topological polar surface area (TPSA) is 363 Å². The van der Waals surface area contributed by atoms with E-state index in [4.69, 9.17) is 98.4 Å². The van der Waals surface area contributed by atoms with Crippen LogP contribution in [0.5, 0.6) is 0 Å². The number of amides is 3. The second-order valence-corrected chi connectivity index (χ2v) is 35.0. The van der Waals surface area contributed by atoms with Crippen molar-refractivity contribution in [1.82, 2.24) is 58.3 Å². The fourth-order valence-corrected chi connectivity index (χ4v) is 17.9. The minimum atomic E-state index is -1.67. The number of hydrogen-bond donors (Lipinski definition) is 3. The molecule has 12 aromatic rings. The Balaban J connectivity index is 0.000000171. The summed E-state index contributed by atoms with van der Waals surface area (Å²) in [6, 6.07) is 15.1. The lowest BCUT2D eigenvalue weighted by Crippen LogP contribution is -2.49. The smallest absolute Gasteiger partial charge is 0.276 e. The summed E-state index contributed by atoms with van der Waals surface area (Å²) in [4.78, 5) is 117. The average Bonchev–Trinajstić information content (AvgIpc) is 0.728. The number of nitrogens with two attached hydrogens (primary N) is 3. The molecule has 9 aromatic heterocycles. The highest BCUT2D eigenvalue weighted by atomic mass is 35.5. The number of carbonyl (C=O) groups excluding carboxylic acids is 3. The number of nitrogen functional groups attached to an aromatic ring is 3. The van der Waals surface area contributed by atoms with Gasteiger partial charge in [0.2, 0.25) is 17.7 Å². The van der Waals surface area contributed by atoms with Crippen molar-refractivity contribution < 1.29 is 49.5 Å². The maximum atomic E-state index is 15.6. The highest BCUT2D eigenvalue weighted by Gasteiger charge is 2.38. The van der Waals surface area contributed by atoms with Gasteiger partial charge in [0, 0.05) is 113 Å². The van der Waals surface area contributed by atoms with Gasteiger partial charge in [0.1, 0.15) is 61.9 Å². The molecule has 3 aliphatic heterocycles. The molecule has 42 heteroatoms. The third-order valence-electron chi connectivity index (χ3n) is 23.2. The number of fused-ring (bicyclic) bond motifs is 3. The van der Waals surface area contributed by atoms with E-state index in [1.54, 1.807) is 87.0 Å². The number of halogens is 15. The van der Waals surface area contributed by atoms with Crippen LogP contribution in [0.15, 0.2) is 107 Å². The number of aryl methyl sites for hydroxylation is 3. The minimum absolute atomic E-state index is 0.0422. The molecule has 3 fully saturated rings. The van der Waals surface area contributed by atoms with Crippen LogP contribution in [0, 0.1) is 101 Å². The number of anilines is 6. The Morgan fingerprint density at radius 3 is 0.859 bits per heavy atom. The van der Waals surface area contributed by atoms with Crippen molar-refractivity contribution in [1.29, 1.82) is 15.8 Å². The van der Waals surface area contributed by atoms with Crippen molar-refractivity contribution in [2.75, 3.05) is 110 Å². The fourth-order valence-electron chi connectivity index (χ4n) is 16.5. The zero-order valence-corrected chi connectivity index (χ0v) is 78.5. The van der Waals surface area contributed by atoms with Crippen molar-refractivity contribution in [2.24, 2.45) is 0 Å². The molecule has 12 heterocycles. The molecule has 0 unspecified atom stereocenters. The lowest BCUT2D eigenvalue weighted by Gasteiger charge is -2.36. The predicted molar refractivity (Wildman–Crippen MR) is 507 cm³/mol. The lowest BCUT2D eigenvalue weighted by atomic mass is 10.0. The molecule has 3 aliphatic rings. The SMILES string of the molecule is C=CC(=O)N1CCN(c2c(C#N)c(=O)n(-c3c(C)ccnc3C(C)C)c3nc(-c4c(F)c(N)c(Cl)c(Cl)c4F)c(Cl)cc23)CC1.C=CC(=O)N1CCN(c2c(C#N)c(=O)n(-c3c(C)ccnc3C(C)C)c3nc(-c4c(F)c(N)c(Cl)c(F)c4F)c(Cl)cc23)CC1.C=CC(=O)N1CCN(c2c(C#N)c(=O)n(-c3c(C)ccnc3C(C)C)c3nc(-c4c(F)c(N)c(Cl)c(F)c4F)c(Cl)cc23)CC1. The maximum absolute atomic E-state index is 15.6. The molecule has 0 bridgehead atoms. The van der Waals surface area contributed by atoms with E-state index in [0.29, 0.717) is 50.8 Å². The number of piperazine rings is 3. The molecular weight excluding hydrogens is 1910 g/mol. The number of aromatic nitrogens is 9. The van der Waals surface area contributed by atoms with Crippen LogP contribution in [0.3, 0.4) is 0 Å². The highest BCUT2D eigenvalue weighted by molar-refractivity contribution is 6.44. The molecule has 0 atom stereocenters. The first-order chi connectivity index (χ1) is 64.0. The predicted octanol–water partition coefficient (Wildman–Crippen LogP) is 18.2. The van der Waals surface area contributed by atoms with Crippen molar-refractivity contribution >= 4 is 166 Å². The van der Waals surface area contributed by atoms with Gasteiger partial charge in [-0.1, -0.05) is 142 Å². The van der Waals surface area contributed by atoms with Gasteiger partial charge < -0.3 is 46.6 Å². The van der Waals surface area contributed by atoms with Gasteiger partial charge in [0.25, 0.3) is 16.7 Å². The molecule has 3 aromatic carbocycles. The van der Waals surface area contributed by atoms with Crippen LogP contribution >= 0.6 is 81.2 Å². The van der Waals surface area contributed by atoms with Crippen molar-refractivity contribution in [3.05, 3.63) is 256 Å². The van der Waals surface area contributed by atoms with Crippen LogP contribution in [0.2, 0.25) is 35.2 Å². The van der Waals surface area contributed by atoms with E-state index in [-0.39, 0.29) is 202 Å². The second kappa shape index (κ2) is 39.6. The first-order valence-corrected chi connectivity index (χ1v) is 43.9. The van der Waals surface area contributed by atoms with Gasteiger partial charge in [-0.25, -0.2) is 50.1 Å². The van der Waals surface area contributed by atoms with E-state index in [9.17, 15) is 53.3 Å². The molecule has 696 valence electrons. The molecule has 6 N–H and O–H groups in total. The van der Waals surface area contributed by atoms with Gasteiger partial charge in [0.15, 0.2) is 46.5 Å². The Kier molecular flexibility index (Phi) is 29.1. The van der Waals surface area contributed by atoms with Crippen molar-refractivity contribution in [2.45, 2.75) is 80.1 Å². The maximum Gasteiger partial charge on any atom is 0.276 e. The number of carbonyl (C=O) groups is 3. The minimum Gasteiger partial charge on any atom is -0.395 e. The largest absolute Gasteiger partial charge is 0.395 e. The Hall–Kier alpha value is -13.4. The summed E-state index contributed by atoms with van der Waals surface area (Å²) in [6.45, 7) is 30.1. The van der Waals surface area contributed by atoms with Crippen molar-refractivity contribution in [3.8, 4) is 69.0 Å².